The van der Waals surface area contributed by atoms with Crippen molar-refractivity contribution in [3.05, 3.63) is 40.4 Å². The smallest absolute Gasteiger partial charge is 0.261 e. The molecule has 2 rings (SSSR count). The number of rotatable bonds is 6. The van der Waals surface area contributed by atoms with Crippen LogP contribution in [0.5, 0.6) is 0 Å². The molecular weight excluding hydrogens is 264 g/mol. The van der Waals surface area contributed by atoms with Gasteiger partial charge in [0.2, 0.25) is 0 Å². The Labute approximate surface area is 125 Å². The van der Waals surface area contributed by atoms with Gasteiger partial charge in [0, 0.05) is 6.54 Å². The van der Waals surface area contributed by atoms with E-state index in [1.807, 2.05) is 31.2 Å². The third-order valence-corrected chi connectivity index (χ3v) is 3.78. The van der Waals surface area contributed by atoms with E-state index in [1.54, 1.807) is 4.57 Å². The first-order valence-corrected chi connectivity index (χ1v) is 7.66. The summed E-state index contributed by atoms with van der Waals surface area (Å²) >= 11 is 0. The molecule has 0 amide bonds. The number of aromatic nitrogens is 2. The molecule has 0 fully saturated rings. The Kier molecular flexibility index (Phi) is 5.09. The molecule has 21 heavy (non-hydrogen) atoms. The summed E-state index contributed by atoms with van der Waals surface area (Å²) in [7, 11) is 4.30. The van der Waals surface area contributed by atoms with Crippen LogP contribution in [0.25, 0.3) is 10.9 Å². The molecule has 1 aromatic heterocycles. The topological polar surface area (TPSA) is 55.9 Å². The molecule has 0 bridgehead atoms. The predicted molar refractivity (Wildman–Crippen MR) is 84.6 cm³/mol. The van der Waals surface area contributed by atoms with Crippen molar-refractivity contribution in [1.29, 1.82) is 0 Å². The number of likely N-dealkylation sites (N-methyl/N-ethyl adjacent to an activating group) is 1. The van der Waals surface area contributed by atoms with E-state index >= 15 is 0 Å². The number of para-hydroxylation sites is 1. The van der Waals surface area contributed by atoms with E-state index in [1.165, 1.54) is 4.90 Å². The Bertz CT molecular complexity index is 663. The normalized spacial score (nSPS) is 13.0. The van der Waals surface area contributed by atoms with Crippen molar-refractivity contribution in [2.24, 2.45) is 0 Å². The monoisotopic (exact) mass is 290 g/mol. The van der Waals surface area contributed by atoms with Crippen molar-refractivity contribution in [1.82, 2.24) is 9.55 Å². The highest BCUT2D eigenvalue weighted by atomic mass is 16.1. The number of nitrogens with zero attached hydrogens (tertiary/aromatic N) is 2. The van der Waals surface area contributed by atoms with Crippen molar-refractivity contribution in [3.8, 4) is 0 Å². The minimum atomic E-state index is 0.0663. The standard InChI is InChI=1S/C16H24N4O/c1-5-20-15(12(2)17-10-11-19(3)4)18-14-9-7-6-8-13(14)16(20)21/h6-9,12,17H,5,10-11H2,1-4H3/p+2/t12-/m1/s1. The van der Waals surface area contributed by atoms with Crippen molar-refractivity contribution >= 4 is 10.9 Å². The van der Waals surface area contributed by atoms with Crippen molar-refractivity contribution in [3.63, 3.8) is 0 Å². The Morgan fingerprint density at radius 1 is 1.33 bits per heavy atom. The minimum Gasteiger partial charge on any atom is -0.335 e. The molecule has 5 heteroatoms. The molecule has 1 heterocycles. The molecule has 0 radical (unpaired) electrons. The van der Waals surface area contributed by atoms with Gasteiger partial charge in [0.25, 0.3) is 5.56 Å². The molecule has 1 aromatic carbocycles. The molecule has 0 spiro atoms. The molecule has 2 aromatic rings. The SMILES string of the molecule is CCn1c([C@@H](C)[NH2+]CC[NH+](C)C)nc2ccccc2c1=O. The molecular formula is C16H26N4O+2. The second-order valence-electron chi connectivity index (χ2n) is 5.81. The molecule has 114 valence electrons. The number of quaternary nitrogens is 2. The first-order valence-electron chi connectivity index (χ1n) is 7.66. The summed E-state index contributed by atoms with van der Waals surface area (Å²) in [5, 5.41) is 2.96. The number of nitrogens with one attached hydrogen (secondary N) is 1. The molecule has 0 aliphatic rings. The molecule has 0 aliphatic heterocycles. The molecule has 0 saturated heterocycles. The van der Waals surface area contributed by atoms with Gasteiger partial charge in [-0.15, -0.1) is 0 Å². The number of hydrogen-bond acceptors (Lipinski definition) is 2. The Hall–Kier alpha value is -1.72. The molecule has 0 aliphatic carbocycles. The van der Waals surface area contributed by atoms with Gasteiger partial charge in [-0.3, -0.25) is 9.36 Å². The zero-order chi connectivity index (χ0) is 15.4. The second-order valence-corrected chi connectivity index (χ2v) is 5.81. The zero-order valence-electron chi connectivity index (χ0n) is 13.4. The molecule has 0 saturated carbocycles. The Morgan fingerprint density at radius 2 is 2.05 bits per heavy atom. The minimum absolute atomic E-state index is 0.0663. The zero-order valence-corrected chi connectivity index (χ0v) is 13.4. The maximum absolute atomic E-state index is 12.6. The van der Waals surface area contributed by atoms with Gasteiger partial charge in [0.05, 0.1) is 25.0 Å². The van der Waals surface area contributed by atoms with Gasteiger partial charge in [0.15, 0.2) is 5.82 Å². The lowest BCUT2D eigenvalue weighted by Crippen LogP contribution is -3.09. The maximum atomic E-state index is 12.6. The Morgan fingerprint density at radius 3 is 2.71 bits per heavy atom. The van der Waals surface area contributed by atoms with Crippen LogP contribution in [-0.4, -0.2) is 36.7 Å². The van der Waals surface area contributed by atoms with Gasteiger partial charge in [-0.05, 0) is 26.0 Å². The third kappa shape index (κ3) is 3.49. The van der Waals surface area contributed by atoms with Gasteiger partial charge in [-0.1, -0.05) is 12.1 Å². The number of hydrogen-bond donors (Lipinski definition) is 2. The highest BCUT2D eigenvalue weighted by Gasteiger charge is 2.18. The van der Waals surface area contributed by atoms with Crippen LogP contribution in [0.15, 0.2) is 29.1 Å². The van der Waals surface area contributed by atoms with Crippen molar-refractivity contribution in [2.75, 3.05) is 27.2 Å². The molecule has 0 unspecified atom stereocenters. The summed E-state index contributed by atoms with van der Waals surface area (Å²) in [4.78, 5) is 18.7. The van der Waals surface area contributed by atoms with Crippen LogP contribution in [0.1, 0.15) is 25.7 Å². The van der Waals surface area contributed by atoms with E-state index in [2.05, 4.69) is 26.3 Å². The fourth-order valence-electron chi connectivity index (χ4n) is 2.57. The van der Waals surface area contributed by atoms with Crippen molar-refractivity contribution in [2.45, 2.75) is 26.4 Å². The second kappa shape index (κ2) is 6.83. The lowest BCUT2D eigenvalue weighted by molar-refractivity contribution is -0.877. The summed E-state index contributed by atoms with van der Waals surface area (Å²) in [5.74, 6) is 0.870. The lowest BCUT2D eigenvalue weighted by Gasteiger charge is -2.16. The predicted octanol–water partition coefficient (Wildman–Crippen LogP) is -0.815. The van der Waals surface area contributed by atoms with Crippen LogP contribution in [0, 0.1) is 0 Å². The number of benzene rings is 1. The van der Waals surface area contributed by atoms with Gasteiger partial charge < -0.3 is 10.2 Å². The van der Waals surface area contributed by atoms with Crippen LogP contribution < -0.4 is 15.8 Å². The largest absolute Gasteiger partial charge is 0.335 e. The first kappa shape index (κ1) is 15.7. The van der Waals surface area contributed by atoms with Crippen LogP contribution >= 0.6 is 0 Å². The first-order chi connectivity index (χ1) is 10.0. The molecule has 3 N–H and O–H groups in total. The average Bonchev–Trinajstić information content (AvgIpc) is 2.46. The highest BCUT2D eigenvalue weighted by molar-refractivity contribution is 5.77. The van der Waals surface area contributed by atoms with Crippen molar-refractivity contribution < 1.29 is 10.2 Å². The molecule has 1 atom stereocenters. The van der Waals surface area contributed by atoms with Crippen LogP contribution in [0.4, 0.5) is 0 Å². The van der Waals surface area contributed by atoms with E-state index in [0.29, 0.717) is 11.9 Å². The van der Waals surface area contributed by atoms with E-state index in [9.17, 15) is 4.79 Å². The summed E-state index contributed by atoms with van der Waals surface area (Å²) < 4.78 is 1.80. The summed E-state index contributed by atoms with van der Waals surface area (Å²) in [6.45, 7) is 6.89. The summed E-state index contributed by atoms with van der Waals surface area (Å²) in [6.07, 6.45) is 0. The quantitative estimate of drug-likeness (QED) is 0.731. The van der Waals surface area contributed by atoms with Crippen LogP contribution in [0.2, 0.25) is 0 Å². The fraction of sp³-hybridized carbons (Fsp3) is 0.500. The number of nitrogens with two attached hydrogens (primary N) is 1. The lowest BCUT2D eigenvalue weighted by atomic mass is 10.2. The highest BCUT2D eigenvalue weighted by Crippen LogP contribution is 2.11. The van der Waals surface area contributed by atoms with Gasteiger partial charge >= 0.3 is 0 Å². The number of fused-ring (bicyclic) bond motifs is 1. The third-order valence-electron chi connectivity index (χ3n) is 3.78. The van der Waals surface area contributed by atoms with Crippen LogP contribution in [-0.2, 0) is 6.54 Å². The average molecular weight is 290 g/mol. The van der Waals surface area contributed by atoms with Gasteiger partial charge in [-0.2, -0.15) is 0 Å². The van der Waals surface area contributed by atoms with E-state index < -0.39 is 0 Å². The fourth-order valence-corrected chi connectivity index (χ4v) is 2.57. The summed E-state index contributed by atoms with van der Waals surface area (Å²) in [5.41, 5.74) is 0.859. The molecule has 5 nitrogen and oxygen atoms in total. The summed E-state index contributed by atoms with van der Waals surface area (Å²) in [6, 6.07) is 7.77. The Balaban J connectivity index is 2.36. The van der Waals surface area contributed by atoms with Crippen LogP contribution in [0.3, 0.4) is 0 Å². The van der Waals surface area contributed by atoms with E-state index in [0.717, 1.165) is 24.4 Å². The van der Waals surface area contributed by atoms with E-state index in [4.69, 9.17) is 4.98 Å². The van der Waals surface area contributed by atoms with Gasteiger partial charge in [0.1, 0.15) is 19.1 Å². The van der Waals surface area contributed by atoms with E-state index in [-0.39, 0.29) is 11.6 Å². The van der Waals surface area contributed by atoms with Gasteiger partial charge in [-0.25, -0.2) is 4.98 Å². The maximum Gasteiger partial charge on any atom is 0.261 e.